The quantitative estimate of drug-likeness (QED) is 0.720. The van der Waals surface area contributed by atoms with Crippen LogP contribution in [0.4, 0.5) is 0 Å². The second-order valence-corrected chi connectivity index (χ2v) is 5.49. The van der Waals surface area contributed by atoms with Crippen LogP contribution in [0.25, 0.3) is 0 Å². The van der Waals surface area contributed by atoms with Gasteiger partial charge in [-0.2, -0.15) is 5.10 Å². The first-order valence-corrected chi connectivity index (χ1v) is 7.62. The third-order valence-corrected chi connectivity index (χ3v) is 3.54. The summed E-state index contributed by atoms with van der Waals surface area (Å²) in [5.74, 6) is 0.220. The topological polar surface area (TPSA) is 82.2 Å². The highest BCUT2D eigenvalue weighted by Crippen LogP contribution is 2.10. The van der Waals surface area contributed by atoms with Gasteiger partial charge in [0.15, 0.2) is 0 Å². The van der Waals surface area contributed by atoms with Crippen molar-refractivity contribution in [3.8, 4) is 0 Å². The number of aromatic nitrogens is 2. The number of rotatable bonds is 9. The van der Waals surface area contributed by atoms with Crippen LogP contribution in [0.1, 0.15) is 43.2 Å². The predicted molar refractivity (Wildman–Crippen MR) is 83.2 cm³/mol. The molecule has 0 aromatic carbocycles. The smallest absolute Gasteiger partial charge is 0.255 e. The van der Waals surface area contributed by atoms with Crippen molar-refractivity contribution >= 4 is 5.91 Å². The molecule has 1 amide bonds. The van der Waals surface area contributed by atoms with Crippen LogP contribution in [-0.4, -0.2) is 41.5 Å². The van der Waals surface area contributed by atoms with Crippen LogP contribution in [0.15, 0.2) is 6.20 Å². The van der Waals surface area contributed by atoms with Gasteiger partial charge in [-0.05, 0) is 32.7 Å². The molecule has 0 saturated heterocycles. The van der Waals surface area contributed by atoms with E-state index in [9.17, 15) is 4.79 Å². The van der Waals surface area contributed by atoms with Gasteiger partial charge in [0.1, 0.15) is 0 Å². The molecule has 1 atom stereocenters. The molecule has 1 rings (SSSR count). The van der Waals surface area contributed by atoms with Crippen LogP contribution >= 0.6 is 0 Å². The predicted octanol–water partition coefficient (Wildman–Crippen LogP) is 1.33. The van der Waals surface area contributed by atoms with Crippen LogP contribution in [0.2, 0.25) is 0 Å². The third kappa shape index (κ3) is 5.13. The maximum atomic E-state index is 12.4. The molecule has 0 saturated carbocycles. The van der Waals surface area contributed by atoms with Gasteiger partial charge in [-0.3, -0.25) is 9.48 Å². The minimum Gasteiger partial charge on any atom is -0.380 e. The molecule has 1 unspecified atom stereocenters. The van der Waals surface area contributed by atoms with E-state index in [1.807, 2.05) is 18.5 Å². The maximum absolute atomic E-state index is 12.4. The molecule has 120 valence electrons. The van der Waals surface area contributed by atoms with E-state index in [0.29, 0.717) is 31.2 Å². The van der Waals surface area contributed by atoms with Crippen molar-refractivity contribution in [3.63, 3.8) is 0 Å². The Morgan fingerprint density at radius 3 is 2.81 bits per heavy atom. The van der Waals surface area contributed by atoms with Crippen molar-refractivity contribution in [1.29, 1.82) is 0 Å². The van der Waals surface area contributed by atoms with Crippen molar-refractivity contribution in [3.05, 3.63) is 17.5 Å². The molecule has 0 aliphatic carbocycles. The van der Waals surface area contributed by atoms with Gasteiger partial charge in [0.05, 0.1) is 24.4 Å². The van der Waals surface area contributed by atoms with E-state index in [-0.39, 0.29) is 11.9 Å². The molecule has 0 aliphatic heterocycles. The number of hydrogen-bond donors (Lipinski definition) is 2. The maximum Gasteiger partial charge on any atom is 0.255 e. The van der Waals surface area contributed by atoms with Crippen LogP contribution in [0.5, 0.6) is 0 Å². The van der Waals surface area contributed by atoms with Gasteiger partial charge in [-0.1, -0.05) is 13.8 Å². The summed E-state index contributed by atoms with van der Waals surface area (Å²) < 4.78 is 7.26. The zero-order chi connectivity index (χ0) is 15.8. The van der Waals surface area contributed by atoms with Crippen LogP contribution < -0.4 is 11.1 Å². The Balaban J connectivity index is 2.71. The zero-order valence-electron chi connectivity index (χ0n) is 13.6. The highest BCUT2D eigenvalue weighted by Gasteiger charge is 2.20. The van der Waals surface area contributed by atoms with Crippen molar-refractivity contribution in [2.45, 2.75) is 46.7 Å². The summed E-state index contributed by atoms with van der Waals surface area (Å²) in [4.78, 5) is 12.4. The Morgan fingerprint density at radius 2 is 2.24 bits per heavy atom. The highest BCUT2D eigenvalue weighted by molar-refractivity contribution is 5.95. The van der Waals surface area contributed by atoms with E-state index in [1.165, 1.54) is 0 Å². The number of ether oxygens (including phenoxy) is 1. The summed E-state index contributed by atoms with van der Waals surface area (Å²) in [6.07, 6.45) is 2.47. The van der Waals surface area contributed by atoms with Gasteiger partial charge >= 0.3 is 0 Å². The Morgan fingerprint density at radius 1 is 1.52 bits per heavy atom. The monoisotopic (exact) mass is 296 g/mol. The fourth-order valence-electron chi connectivity index (χ4n) is 2.03. The molecule has 6 heteroatoms. The van der Waals surface area contributed by atoms with E-state index in [4.69, 9.17) is 10.5 Å². The Labute approximate surface area is 127 Å². The Kier molecular flexibility index (Phi) is 7.39. The number of amides is 1. The van der Waals surface area contributed by atoms with Crippen molar-refractivity contribution in [2.24, 2.45) is 11.7 Å². The lowest BCUT2D eigenvalue weighted by Gasteiger charge is -2.22. The van der Waals surface area contributed by atoms with Crippen LogP contribution in [-0.2, 0) is 11.3 Å². The highest BCUT2D eigenvalue weighted by atomic mass is 16.5. The summed E-state index contributed by atoms with van der Waals surface area (Å²) in [6.45, 7) is 10.5. The summed E-state index contributed by atoms with van der Waals surface area (Å²) >= 11 is 0. The number of nitrogens with two attached hydrogens (primary N) is 1. The van der Waals surface area contributed by atoms with Gasteiger partial charge in [0.2, 0.25) is 0 Å². The third-order valence-electron chi connectivity index (χ3n) is 3.54. The minimum absolute atomic E-state index is 0.00393. The van der Waals surface area contributed by atoms with Crippen molar-refractivity contribution in [2.75, 3.05) is 19.8 Å². The number of nitrogens with zero attached hydrogens (tertiary/aromatic N) is 2. The lowest BCUT2D eigenvalue weighted by Crippen LogP contribution is -2.42. The molecule has 6 nitrogen and oxygen atoms in total. The molecule has 21 heavy (non-hydrogen) atoms. The molecule has 0 radical (unpaired) electrons. The first-order chi connectivity index (χ1) is 10.0. The molecule has 0 aliphatic rings. The summed E-state index contributed by atoms with van der Waals surface area (Å²) in [6, 6.07) is 0.00393. The largest absolute Gasteiger partial charge is 0.380 e. The van der Waals surface area contributed by atoms with E-state index in [1.54, 1.807) is 6.20 Å². The van der Waals surface area contributed by atoms with E-state index < -0.39 is 0 Å². The average molecular weight is 296 g/mol. The summed E-state index contributed by atoms with van der Waals surface area (Å²) in [7, 11) is 0. The standard InChI is InChI=1S/C15H28N4O2/c1-5-21-10-14(11(2)3)18-15(20)13-9-17-19(12(13)4)8-6-7-16/h9,11,14H,5-8,10,16H2,1-4H3,(H,18,20). The zero-order valence-corrected chi connectivity index (χ0v) is 13.6. The average Bonchev–Trinajstić information content (AvgIpc) is 2.81. The van der Waals surface area contributed by atoms with Gasteiger partial charge in [0.25, 0.3) is 5.91 Å². The van der Waals surface area contributed by atoms with Crippen LogP contribution in [0.3, 0.4) is 0 Å². The molecule has 0 spiro atoms. The minimum atomic E-state index is -0.0927. The van der Waals surface area contributed by atoms with Gasteiger partial charge in [-0.15, -0.1) is 0 Å². The number of hydrogen-bond acceptors (Lipinski definition) is 4. The van der Waals surface area contributed by atoms with E-state index in [2.05, 4.69) is 24.3 Å². The number of aryl methyl sites for hydroxylation is 1. The molecular weight excluding hydrogens is 268 g/mol. The van der Waals surface area contributed by atoms with Gasteiger partial charge < -0.3 is 15.8 Å². The second kappa shape index (κ2) is 8.79. The van der Waals surface area contributed by atoms with Crippen LogP contribution in [0, 0.1) is 12.8 Å². The molecule has 1 heterocycles. The second-order valence-electron chi connectivity index (χ2n) is 5.49. The number of carbonyl (C=O) groups is 1. The molecule has 0 bridgehead atoms. The molecule has 1 aromatic rings. The summed E-state index contributed by atoms with van der Waals surface area (Å²) in [5.41, 5.74) is 7.00. The van der Waals surface area contributed by atoms with Gasteiger partial charge in [0, 0.05) is 18.8 Å². The fourth-order valence-corrected chi connectivity index (χ4v) is 2.03. The first-order valence-electron chi connectivity index (χ1n) is 7.62. The lowest BCUT2D eigenvalue weighted by molar-refractivity contribution is 0.0805. The fraction of sp³-hybridized carbons (Fsp3) is 0.733. The van der Waals surface area contributed by atoms with E-state index in [0.717, 1.165) is 18.7 Å². The SMILES string of the molecule is CCOCC(NC(=O)c1cnn(CCCN)c1C)C(C)C. The number of nitrogens with one attached hydrogen (secondary N) is 1. The Hall–Kier alpha value is -1.40. The van der Waals surface area contributed by atoms with E-state index >= 15 is 0 Å². The number of carbonyl (C=O) groups excluding carboxylic acids is 1. The van der Waals surface area contributed by atoms with Crippen molar-refractivity contribution in [1.82, 2.24) is 15.1 Å². The van der Waals surface area contributed by atoms with Gasteiger partial charge in [-0.25, -0.2) is 0 Å². The molecule has 3 N–H and O–H groups in total. The molecular formula is C15H28N4O2. The first kappa shape index (κ1) is 17.7. The molecule has 1 aromatic heterocycles. The summed E-state index contributed by atoms with van der Waals surface area (Å²) in [5, 5.41) is 7.29. The Bertz CT molecular complexity index is 443. The molecule has 0 fully saturated rings. The lowest BCUT2D eigenvalue weighted by atomic mass is 10.0. The van der Waals surface area contributed by atoms with Crippen molar-refractivity contribution < 1.29 is 9.53 Å². The normalized spacial score (nSPS) is 12.7.